The molecule has 0 radical (unpaired) electrons. The third-order valence-corrected chi connectivity index (χ3v) is 3.49. The maximum absolute atomic E-state index is 11.7. The van der Waals surface area contributed by atoms with Gasteiger partial charge in [0.15, 0.2) is 0 Å². The van der Waals surface area contributed by atoms with Gasteiger partial charge < -0.3 is 4.74 Å². The predicted molar refractivity (Wildman–Crippen MR) is 86.3 cm³/mol. The molecule has 1 aromatic carbocycles. The van der Waals surface area contributed by atoms with Crippen molar-refractivity contribution in [2.45, 2.75) is 24.2 Å². The molecule has 0 saturated carbocycles. The average molecular weight is 392 g/mol. The number of rotatable bonds is 6. The number of hydrogen-bond acceptors (Lipinski definition) is 4. The smallest absolute Gasteiger partial charge is 0.367 e. The maximum atomic E-state index is 11.7. The van der Waals surface area contributed by atoms with Gasteiger partial charge in [-0.2, -0.15) is 0 Å². The van der Waals surface area contributed by atoms with Gasteiger partial charge in [-0.1, -0.05) is 71.3 Å². The molecule has 0 N–H and O–H groups in total. The summed E-state index contributed by atoms with van der Waals surface area (Å²) in [6, 6.07) is 2.85. The second kappa shape index (κ2) is 8.39. The molecule has 0 aromatic heterocycles. The minimum atomic E-state index is -2.17. The first-order valence-electron chi connectivity index (χ1n) is 5.90. The van der Waals surface area contributed by atoms with Gasteiger partial charge in [0, 0.05) is 5.02 Å². The van der Waals surface area contributed by atoms with Crippen molar-refractivity contribution in [1.29, 1.82) is 0 Å². The highest BCUT2D eigenvalue weighted by atomic mass is 35.5. The molecule has 0 aliphatic heterocycles. The zero-order chi connectivity index (χ0) is 16.0. The Bertz CT molecular complexity index is 525. The molecule has 0 aliphatic rings. The second-order valence-corrected chi connectivity index (χ2v) is 6.49. The minimum absolute atomic E-state index is 0.106. The van der Waals surface area contributed by atoms with E-state index in [-0.39, 0.29) is 22.3 Å². The van der Waals surface area contributed by atoms with Crippen molar-refractivity contribution in [3.63, 3.8) is 0 Å². The lowest BCUT2D eigenvalue weighted by Gasteiger charge is -2.12. The fourth-order valence-corrected chi connectivity index (χ4v) is 2.26. The highest BCUT2D eigenvalue weighted by Gasteiger charge is 2.36. The van der Waals surface area contributed by atoms with Gasteiger partial charge >= 0.3 is 10.4 Å². The third-order valence-electron chi connectivity index (χ3n) is 2.23. The Labute approximate surface area is 147 Å². The molecule has 0 heterocycles. The molecular weight excluding hydrogens is 381 g/mol. The number of ether oxygens (including phenoxy) is 1. The van der Waals surface area contributed by atoms with Crippen LogP contribution in [0, 0.1) is 0 Å². The van der Waals surface area contributed by atoms with Crippen LogP contribution in [0.5, 0.6) is 0 Å². The van der Waals surface area contributed by atoms with E-state index in [1.54, 1.807) is 0 Å². The summed E-state index contributed by atoms with van der Waals surface area (Å²) < 4.78 is 2.70. The van der Waals surface area contributed by atoms with Gasteiger partial charge in [-0.25, -0.2) is 4.79 Å². The summed E-state index contributed by atoms with van der Waals surface area (Å²) in [5.41, 5.74) is 0.106. The van der Waals surface area contributed by atoms with Gasteiger partial charge in [0.25, 0.3) is 0 Å². The summed E-state index contributed by atoms with van der Waals surface area (Å²) in [7, 11) is 0. The number of unbranched alkanes of at least 4 members (excludes halogenated alkanes) is 1. The predicted octanol–water partition coefficient (Wildman–Crippen LogP) is 6.21. The molecule has 0 atom stereocenters. The standard InChI is InChI=1S/C12H11Cl5N2O2/c1-2-3-4-21-11(20)12(16,17)19-18-10-8(14)5-7(13)6-9(10)15/h5-6H,2-4H2,1H3. The highest BCUT2D eigenvalue weighted by molar-refractivity contribution is 6.57. The van der Waals surface area contributed by atoms with E-state index in [1.165, 1.54) is 12.1 Å². The summed E-state index contributed by atoms with van der Waals surface area (Å²) in [5, 5.41) is 7.87. The van der Waals surface area contributed by atoms with Crippen molar-refractivity contribution in [1.82, 2.24) is 0 Å². The SMILES string of the molecule is CCCCOC(=O)C(Cl)(Cl)N=Nc1c(Cl)cc(Cl)cc1Cl. The Balaban J connectivity index is 2.85. The number of alkyl halides is 2. The summed E-state index contributed by atoms with van der Waals surface area (Å²) in [5.74, 6) is -0.913. The molecule has 21 heavy (non-hydrogen) atoms. The number of azo groups is 1. The summed E-state index contributed by atoms with van der Waals surface area (Å²) in [6.07, 6.45) is 1.56. The number of carbonyl (C=O) groups is 1. The Morgan fingerprint density at radius 1 is 1.24 bits per heavy atom. The lowest BCUT2D eigenvalue weighted by molar-refractivity contribution is -0.144. The van der Waals surface area contributed by atoms with Crippen LogP contribution >= 0.6 is 58.0 Å². The van der Waals surface area contributed by atoms with Crippen LogP contribution in [0.3, 0.4) is 0 Å². The van der Waals surface area contributed by atoms with Crippen LogP contribution in [0.2, 0.25) is 15.1 Å². The van der Waals surface area contributed by atoms with Crippen molar-refractivity contribution in [3.05, 3.63) is 27.2 Å². The first-order valence-corrected chi connectivity index (χ1v) is 7.79. The van der Waals surface area contributed by atoms with E-state index >= 15 is 0 Å². The zero-order valence-corrected chi connectivity index (χ0v) is 14.7. The van der Waals surface area contributed by atoms with Crippen molar-refractivity contribution >= 4 is 69.7 Å². The van der Waals surface area contributed by atoms with Gasteiger partial charge in [0.1, 0.15) is 5.69 Å². The number of halogens is 5. The average Bonchev–Trinajstić information content (AvgIpc) is 2.37. The van der Waals surface area contributed by atoms with Crippen LogP contribution in [-0.4, -0.2) is 17.0 Å². The largest absolute Gasteiger partial charge is 0.462 e. The van der Waals surface area contributed by atoms with Crippen LogP contribution < -0.4 is 0 Å². The van der Waals surface area contributed by atoms with Gasteiger partial charge in [0.05, 0.1) is 16.7 Å². The highest BCUT2D eigenvalue weighted by Crippen LogP contribution is 2.37. The number of hydrogen-bond donors (Lipinski definition) is 0. The van der Waals surface area contributed by atoms with Crippen LogP contribution in [0.25, 0.3) is 0 Å². The molecule has 116 valence electrons. The number of carbonyl (C=O) groups excluding carboxylic acids is 1. The molecule has 1 aromatic rings. The topological polar surface area (TPSA) is 51.0 Å². The van der Waals surface area contributed by atoms with E-state index in [2.05, 4.69) is 10.2 Å². The van der Waals surface area contributed by atoms with Gasteiger partial charge in [-0.05, 0) is 18.6 Å². The molecule has 0 fully saturated rings. The van der Waals surface area contributed by atoms with E-state index in [4.69, 9.17) is 62.7 Å². The van der Waals surface area contributed by atoms with Gasteiger partial charge in [0.2, 0.25) is 0 Å². The first-order chi connectivity index (χ1) is 9.77. The lowest BCUT2D eigenvalue weighted by Crippen LogP contribution is -2.26. The molecule has 0 amide bonds. The summed E-state index contributed by atoms with van der Waals surface area (Å²) in [4.78, 5) is 11.7. The Kier molecular flexibility index (Phi) is 7.51. The molecule has 0 saturated heterocycles. The van der Waals surface area contributed by atoms with Crippen molar-refractivity contribution in [2.75, 3.05) is 6.61 Å². The molecule has 1 rings (SSSR count). The van der Waals surface area contributed by atoms with E-state index in [0.717, 1.165) is 6.42 Å². The van der Waals surface area contributed by atoms with E-state index in [0.29, 0.717) is 11.4 Å². The number of nitrogens with zero attached hydrogens (tertiary/aromatic N) is 2. The molecule has 0 unspecified atom stereocenters. The van der Waals surface area contributed by atoms with E-state index in [9.17, 15) is 4.79 Å². The first kappa shape index (κ1) is 18.8. The third kappa shape index (κ3) is 5.80. The van der Waals surface area contributed by atoms with Crippen LogP contribution in [-0.2, 0) is 9.53 Å². The van der Waals surface area contributed by atoms with Crippen LogP contribution in [0.15, 0.2) is 22.4 Å². The van der Waals surface area contributed by atoms with Crippen LogP contribution in [0.4, 0.5) is 5.69 Å². The lowest BCUT2D eigenvalue weighted by atomic mass is 10.3. The normalized spacial score (nSPS) is 11.9. The van der Waals surface area contributed by atoms with Gasteiger partial charge in [-0.15, -0.1) is 10.2 Å². The fourth-order valence-electron chi connectivity index (χ4n) is 1.18. The summed E-state index contributed by atoms with van der Waals surface area (Å²) in [6.45, 7) is 2.15. The second-order valence-electron chi connectivity index (χ2n) is 3.95. The van der Waals surface area contributed by atoms with Gasteiger partial charge in [-0.3, -0.25) is 0 Å². The molecular formula is C12H11Cl5N2O2. The fraction of sp³-hybridized carbons (Fsp3) is 0.417. The molecule has 0 aliphatic carbocycles. The van der Waals surface area contributed by atoms with E-state index in [1.807, 2.05) is 6.92 Å². The molecule has 4 nitrogen and oxygen atoms in total. The van der Waals surface area contributed by atoms with Crippen molar-refractivity contribution < 1.29 is 9.53 Å². The number of esters is 1. The monoisotopic (exact) mass is 390 g/mol. The van der Waals surface area contributed by atoms with Crippen molar-refractivity contribution in [3.8, 4) is 0 Å². The summed E-state index contributed by atoms with van der Waals surface area (Å²) >= 11 is 29.1. The number of benzene rings is 1. The Hall–Kier alpha value is -0.260. The maximum Gasteiger partial charge on any atom is 0.367 e. The Morgan fingerprint density at radius 2 is 1.81 bits per heavy atom. The van der Waals surface area contributed by atoms with Crippen LogP contribution in [0.1, 0.15) is 19.8 Å². The van der Waals surface area contributed by atoms with E-state index < -0.39 is 10.4 Å². The Morgan fingerprint density at radius 3 is 2.33 bits per heavy atom. The molecule has 0 bridgehead atoms. The molecule has 0 spiro atoms. The molecule has 9 heteroatoms. The van der Waals surface area contributed by atoms with Crippen molar-refractivity contribution in [2.24, 2.45) is 10.2 Å². The zero-order valence-electron chi connectivity index (χ0n) is 10.9. The quantitative estimate of drug-likeness (QED) is 0.190. The minimum Gasteiger partial charge on any atom is -0.462 e.